The summed E-state index contributed by atoms with van der Waals surface area (Å²) in [4.78, 5) is 24.1. The van der Waals surface area contributed by atoms with Gasteiger partial charge in [0.25, 0.3) is 0 Å². The van der Waals surface area contributed by atoms with E-state index in [4.69, 9.17) is 9.47 Å². The van der Waals surface area contributed by atoms with Crippen molar-refractivity contribution >= 4 is 11.9 Å². The second kappa shape index (κ2) is 10.6. The van der Waals surface area contributed by atoms with Gasteiger partial charge in [-0.2, -0.15) is 0 Å². The molecule has 21 heavy (non-hydrogen) atoms. The molecular weight excluding hydrogens is 268 g/mol. The van der Waals surface area contributed by atoms with Gasteiger partial charge in [-0.05, 0) is 33.6 Å². The van der Waals surface area contributed by atoms with Gasteiger partial charge in [0.05, 0.1) is 12.7 Å². The Balaban J connectivity index is 4.10. The monoisotopic (exact) mass is 300 g/mol. The Morgan fingerprint density at radius 2 is 1.57 bits per heavy atom. The standard InChI is InChI=1S/C17H32O4/c1-6-8-9-10-11-13-20-15(18)17(4,5)16(19)21-14(3)12-7-2/h14H,6-13H2,1-5H3. The van der Waals surface area contributed by atoms with Gasteiger partial charge in [0.1, 0.15) is 0 Å². The van der Waals surface area contributed by atoms with Crippen LogP contribution in [0.4, 0.5) is 0 Å². The molecule has 0 aromatic carbocycles. The number of hydrogen-bond acceptors (Lipinski definition) is 4. The molecule has 0 radical (unpaired) electrons. The third-order valence-electron chi connectivity index (χ3n) is 3.51. The summed E-state index contributed by atoms with van der Waals surface area (Å²) in [5, 5.41) is 0. The summed E-state index contributed by atoms with van der Waals surface area (Å²) in [6, 6.07) is 0. The van der Waals surface area contributed by atoms with E-state index in [1.54, 1.807) is 13.8 Å². The van der Waals surface area contributed by atoms with Crippen LogP contribution >= 0.6 is 0 Å². The molecule has 0 aliphatic rings. The van der Waals surface area contributed by atoms with Crippen LogP contribution in [0, 0.1) is 5.41 Å². The van der Waals surface area contributed by atoms with E-state index in [1.165, 1.54) is 12.8 Å². The minimum atomic E-state index is -1.23. The molecule has 0 heterocycles. The Kier molecular flexibility index (Phi) is 10.1. The first-order chi connectivity index (χ1) is 9.86. The third kappa shape index (κ3) is 8.08. The van der Waals surface area contributed by atoms with Gasteiger partial charge in [-0.3, -0.25) is 9.59 Å². The van der Waals surface area contributed by atoms with Gasteiger partial charge >= 0.3 is 11.9 Å². The summed E-state index contributed by atoms with van der Waals surface area (Å²) in [6.45, 7) is 9.54. The van der Waals surface area contributed by atoms with E-state index < -0.39 is 17.4 Å². The molecule has 0 saturated heterocycles. The smallest absolute Gasteiger partial charge is 0.323 e. The molecule has 0 aliphatic heterocycles. The van der Waals surface area contributed by atoms with Gasteiger partial charge in [-0.1, -0.05) is 46.0 Å². The third-order valence-corrected chi connectivity index (χ3v) is 3.51. The molecule has 124 valence electrons. The first kappa shape index (κ1) is 19.9. The average molecular weight is 300 g/mol. The highest BCUT2D eigenvalue weighted by Crippen LogP contribution is 2.21. The first-order valence-electron chi connectivity index (χ1n) is 8.24. The van der Waals surface area contributed by atoms with Crippen molar-refractivity contribution in [2.24, 2.45) is 5.41 Å². The van der Waals surface area contributed by atoms with E-state index in [9.17, 15) is 9.59 Å². The summed E-state index contributed by atoms with van der Waals surface area (Å²) in [5.74, 6) is -0.994. The number of carbonyl (C=O) groups is 2. The lowest BCUT2D eigenvalue weighted by Crippen LogP contribution is -2.38. The van der Waals surface area contributed by atoms with Crippen LogP contribution < -0.4 is 0 Å². The molecule has 0 saturated carbocycles. The van der Waals surface area contributed by atoms with Gasteiger partial charge in [0.15, 0.2) is 5.41 Å². The summed E-state index contributed by atoms with van der Waals surface area (Å²) in [5.41, 5.74) is -1.23. The quantitative estimate of drug-likeness (QED) is 0.325. The Labute approximate surface area is 129 Å². The molecule has 0 bridgehead atoms. The zero-order valence-electron chi connectivity index (χ0n) is 14.4. The maximum Gasteiger partial charge on any atom is 0.323 e. The van der Waals surface area contributed by atoms with Crippen LogP contribution in [0.1, 0.15) is 79.6 Å². The van der Waals surface area contributed by atoms with Crippen molar-refractivity contribution in [3.8, 4) is 0 Å². The van der Waals surface area contributed by atoms with Gasteiger partial charge in [0.2, 0.25) is 0 Å². The van der Waals surface area contributed by atoms with Crippen LogP contribution in [-0.4, -0.2) is 24.6 Å². The van der Waals surface area contributed by atoms with Gasteiger partial charge in [-0.25, -0.2) is 0 Å². The molecule has 0 spiro atoms. The van der Waals surface area contributed by atoms with Crippen molar-refractivity contribution in [3.05, 3.63) is 0 Å². The molecule has 0 aromatic heterocycles. The molecule has 4 nitrogen and oxygen atoms in total. The Hall–Kier alpha value is -1.06. The Morgan fingerprint density at radius 1 is 0.952 bits per heavy atom. The molecule has 0 aromatic rings. The molecule has 0 rings (SSSR count). The number of rotatable bonds is 11. The predicted octanol–water partition coefficient (Wildman–Crippen LogP) is 4.26. The lowest BCUT2D eigenvalue weighted by molar-refractivity contribution is -0.172. The van der Waals surface area contributed by atoms with E-state index in [1.807, 2.05) is 13.8 Å². The topological polar surface area (TPSA) is 52.6 Å². The molecule has 1 atom stereocenters. The molecule has 0 amide bonds. The molecule has 4 heteroatoms. The highest BCUT2D eigenvalue weighted by molar-refractivity contribution is 5.99. The van der Waals surface area contributed by atoms with Gasteiger partial charge < -0.3 is 9.47 Å². The normalized spacial score (nSPS) is 12.8. The molecule has 0 N–H and O–H groups in total. The van der Waals surface area contributed by atoms with Crippen LogP contribution in [0.25, 0.3) is 0 Å². The zero-order valence-corrected chi connectivity index (χ0v) is 14.4. The van der Waals surface area contributed by atoms with Crippen molar-refractivity contribution in [2.45, 2.75) is 85.7 Å². The first-order valence-corrected chi connectivity index (χ1v) is 8.24. The minimum absolute atomic E-state index is 0.163. The second-order valence-electron chi connectivity index (χ2n) is 6.18. The lowest BCUT2D eigenvalue weighted by atomic mass is 9.94. The van der Waals surface area contributed by atoms with Gasteiger partial charge in [0, 0.05) is 0 Å². The average Bonchev–Trinajstić information content (AvgIpc) is 2.42. The van der Waals surface area contributed by atoms with E-state index in [-0.39, 0.29) is 6.10 Å². The highest BCUT2D eigenvalue weighted by Gasteiger charge is 2.40. The number of unbranched alkanes of at least 4 members (excludes halogenated alkanes) is 4. The fourth-order valence-electron chi connectivity index (χ4n) is 1.93. The summed E-state index contributed by atoms with van der Waals surface area (Å²) in [7, 11) is 0. The molecular formula is C17H32O4. The maximum atomic E-state index is 12.0. The van der Waals surface area contributed by atoms with E-state index >= 15 is 0 Å². The van der Waals surface area contributed by atoms with E-state index in [0.29, 0.717) is 6.61 Å². The Morgan fingerprint density at radius 3 is 2.14 bits per heavy atom. The fraction of sp³-hybridized carbons (Fsp3) is 0.882. The zero-order chi connectivity index (χ0) is 16.3. The SMILES string of the molecule is CCCCCCCOC(=O)C(C)(C)C(=O)OC(C)CCC. The maximum absolute atomic E-state index is 12.0. The van der Waals surface area contributed by atoms with Crippen molar-refractivity contribution < 1.29 is 19.1 Å². The molecule has 1 unspecified atom stereocenters. The van der Waals surface area contributed by atoms with E-state index in [0.717, 1.165) is 32.1 Å². The van der Waals surface area contributed by atoms with E-state index in [2.05, 4.69) is 6.92 Å². The molecule has 0 fully saturated rings. The minimum Gasteiger partial charge on any atom is -0.465 e. The largest absolute Gasteiger partial charge is 0.465 e. The van der Waals surface area contributed by atoms with Crippen LogP contribution in [0.3, 0.4) is 0 Å². The number of carbonyl (C=O) groups excluding carboxylic acids is 2. The Bertz CT molecular complexity index is 310. The summed E-state index contributed by atoms with van der Waals surface area (Å²) < 4.78 is 10.5. The molecule has 0 aliphatic carbocycles. The van der Waals surface area contributed by atoms with Gasteiger partial charge in [-0.15, -0.1) is 0 Å². The highest BCUT2D eigenvalue weighted by atomic mass is 16.6. The van der Waals surface area contributed by atoms with Crippen LogP contribution in [0.15, 0.2) is 0 Å². The van der Waals surface area contributed by atoms with Crippen molar-refractivity contribution in [3.63, 3.8) is 0 Å². The lowest BCUT2D eigenvalue weighted by Gasteiger charge is -2.23. The summed E-state index contributed by atoms with van der Waals surface area (Å²) >= 11 is 0. The van der Waals surface area contributed by atoms with Crippen molar-refractivity contribution in [1.82, 2.24) is 0 Å². The van der Waals surface area contributed by atoms with Crippen LogP contribution in [-0.2, 0) is 19.1 Å². The second-order valence-corrected chi connectivity index (χ2v) is 6.18. The predicted molar refractivity (Wildman–Crippen MR) is 84.0 cm³/mol. The van der Waals surface area contributed by atoms with Crippen LogP contribution in [0.2, 0.25) is 0 Å². The number of hydrogen-bond donors (Lipinski definition) is 0. The van der Waals surface area contributed by atoms with Crippen molar-refractivity contribution in [2.75, 3.05) is 6.61 Å². The number of esters is 2. The summed E-state index contributed by atoms with van der Waals surface area (Å²) in [6.07, 6.45) is 7.04. The fourth-order valence-corrected chi connectivity index (χ4v) is 1.93. The van der Waals surface area contributed by atoms with Crippen molar-refractivity contribution in [1.29, 1.82) is 0 Å². The van der Waals surface area contributed by atoms with Crippen LogP contribution in [0.5, 0.6) is 0 Å². The number of ether oxygens (including phenoxy) is 2.